The van der Waals surface area contributed by atoms with Gasteiger partial charge >= 0.3 is 6.18 Å². The maximum atomic E-state index is 14.3. The number of alkyl halides is 3. The van der Waals surface area contributed by atoms with E-state index in [1.54, 1.807) is 28.4 Å². The van der Waals surface area contributed by atoms with Crippen LogP contribution in [0, 0.1) is 5.92 Å². The number of rotatable bonds is 5. The first-order chi connectivity index (χ1) is 20.8. The van der Waals surface area contributed by atoms with Crippen molar-refractivity contribution in [2.45, 2.75) is 52.4 Å². The minimum absolute atomic E-state index is 0.00673. The zero-order valence-electron chi connectivity index (χ0n) is 24.6. The molecule has 0 saturated carbocycles. The van der Waals surface area contributed by atoms with E-state index in [0.29, 0.717) is 29.0 Å². The maximum absolute atomic E-state index is 14.3. The summed E-state index contributed by atoms with van der Waals surface area (Å²) < 4.78 is 45.9. The lowest BCUT2D eigenvalue weighted by Crippen LogP contribution is -2.46. The largest absolute Gasteiger partial charge is 0.417 e. The van der Waals surface area contributed by atoms with Gasteiger partial charge in [-0.05, 0) is 68.1 Å². The Hall–Kier alpha value is -4.38. The number of nitrogens with zero attached hydrogens (tertiary/aromatic N) is 6. The second kappa shape index (κ2) is 11.0. The molecule has 0 radical (unpaired) electrons. The van der Waals surface area contributed by atoms with E-state index in [1.807, 2.05) is 42.1 Å². The van der Waals surface area contributed by atoms with Crippen LogP contribution in [0.2, 0.25) is 5.02 Å². The molecule has 0 aliphatic carbocycles. The molecule has 0 spiro atoms. The van der Waals surface area contributed by atoms with Crippen LogP contribution in [0.15, 0.2) is 65.8 Å². The first kappa shape index (κ1) is 29.7. The molecule has 1 aliphatic heterocycles. The van der Waals surface area contributed by atoms with Crippen molar-refractivity contribution in [2.75, 3.05) is 0 Å². The Morgan fingerprint density at radius 3 is 2.50 bits per heavy atom. The Morgan fingerprint density at radius 1 is 1.14 bits per heavy atom. The molecule has 1 atom stereocenters. The molecule has 6 rings (SSSR count). The van der Waals surface area contributed by atoms with Crippen molar-refractivity contribution in [2.24, 2.45) is 13.0 Å². The second-order valence-electron chi connectivity index (χ2n) is 11.7. The standard InChI is InChI=1S/C32H30ClF3N6O2/c1-18(2)13-22-16-38-42-27-17-40(30(43)21-7-10-26(33)25(15-21)32(34,35)36)19(3)14-24(27)31(44)41(29(22)42)23-8-5-20(6-9-23)28-37-11-12-39(28)4/h5-12,15-16,18-19H,13-14,17H2,1-4H3/t19-/m0/s1. The highest BCUT2D eigenvalue weighted by Gasteiger charge is 2.36. The van der Waals surface area contributed by atoms with Gasteiger partial charge in [0.25, 0.3) is 11.5 Å². The summed E-state index contributed by atoms with van der Waals surface area (Å²) in [5, 5.41) is 4.19. The molecule has 0 unspecified atom stereocenters. The molecular weight excluding hydrogens is 593 g/mol. The number of carbonyl (C=O) groups is 1. The van der Waals surface area contributed by atoms with Crippen molar-refractivity contribution in [3.8, 4) is 17.1 Å². The van der Waals surface area contributed by atoms with Crippen LogP contribution in [0.25, 0.3) is 22.7 Å². The molecule has 0 fully saturated rings. The first-order valence-electron chi connectivity index (χ1n) is 14.2. The van der Waals surface area contributed by atoms with E-state index < -0.39 is 28.7 Å². The molecule has 1 amide bonds. The van der Waals surface area contributed by atoms with Gasteiger partial charge in [0, 0.05) is 47.7 Å². The predicted molar refractivity (Wildman–Crippen MR) is 161 cm³/mol. The van der Waals surface area contributed by atoms with Gasteiger partial charge in [0.15, 0.2) is 0 Å². The fraction of sp³-hybridized carbons (Fsp3) is 0.312. The third-order valence-corrected chi connectivity index (χ3v) is 8.39. The fourth-order valence-corrected chi connectivity index (χ4v) is 6.15. The predicted octanol–water partition coefficient (Wildman–Crippen LogP) is 6.34. The van der Waals surface area contributed by atoms with Gasteiger partial charge in [-0.1, -0.05) is 25.4 Å². The summed E-state index contributed by atoms with van der Waals surface area (Å²) in [4.78, 5) is 33.8. The van der Waals surface area contributed by atoms with E-state index >= 15 is 0 Å². The molecular formula is C32H30ClF3N6O2. The van der Waals surface area contributed by atoms with Crippen LogP contribution in [0.4, 0.5) is 13.2 Å². The molecule has 0 N–H and O–H groups in total. The number of halogens is 4. The van der Waals surface area contributed by atoms with Crippen molar-refractivity contribution < 1.29 is 18.0 Å². The van der Waals surface area contributed by atoms with Gasteiger partial charge in [-0.25, -0.2) is 9.50 Å². The SMILES string of the molecule is CC(C)Cc1cnn2c3c(c(=O)n(-c4ccc(-c5nccn5C)cc4)c12)C[C@H](C)N(C(=O)c1ccc(Cl)c(C(F)(F)F)c1)C3. The number of aromatic nitrogens is 5. The van der Waals surface area contributed by atoms with Crippen LogP contribution >= 0.6 is 11.6 Å². The number of imidazole rings is 1. The van der Waals surface area contributed by atoms with Crippen molar-refractivity contribution in [1.82, 2.24) is 28.6 Å². The maximum Gasteiger partial charge on any atom is 0.417 e. The number of amides is 1. The van der Waals surface area contributed by atoms with Gasteiger partial charge in [-0.3, -0.25) is 14.2 Å². The van der Waals surface area contributed by atoms with Crippen LogP contribution in [-0.2, 0) is 32.6 Å². The molecule has 2 aromatic carbocycles. The monoisotopic (exact) mass is 622 g/mol. The average Bonchev–Trinajstić information content (AvgIpc) is 3.58. The van der Waals surface area contributed by atoms with E-state index in [9.17, 15) is 22.8 Å². The van der Waals surface area contributed by atoms with E-state index in [0.717, 1.165) is 29.1 Å². The van der Waals surface area contributed by atoms with E-state index in [-0.39, 0.29) is 30.0 Å². The van der Waals surface area contributed by atoms with Gasteiger partial charge in [0.2, 0.25) is 0 Å². The Kier molecular flexibility index (Phi) is 7.39. The third-order valence-electron chi connectivity index (χ3n) is 8.06. The minimum atomic E-state index is -4.71. The van der Waals surface area contributed by atoms with Crippen molar-refractivity contribution >= 4 is 23.2 Å². The topological polar surface area (TPSA) is 77.4 Å². The Balaban J connectivity index is 1.46. The van der Waals surface area contributed by atoms with Crippen molar-refractivity contribution in [1.29, 1.82) is 0 Å². The van der Waals surface area contributed by atoms with Crippen molar-refractivity contribution in [3.63, 3.8) is 0 Å². The highest BCUT2D eigenvalue weighted by atomic mass is 35.5. The lowest BCUT2D eigenvalue weighted by atomic mass is 9.97. The highest BCUT2D eigenvalue weighted by Crippen LogP contribution is 2.36. The van der Waals surface area contributed by atoms with Crippen LogP contribution in [0.1, 0.15) is 53.5 Å². The lowest BCUT2D eigenvalue weighted by Gasteiger charge is -2.35. The summed E-state index contributed by atoms with van der Waals surface area (Å²) in [6, 6.07) is 10.3. The molecule has 228 valence electrons. The van der Waals surface area contributed by atoms with Crippen LogP contribution in [0.5, 0.6) is 0 Å². The summed E-state index contributed by atoms with van der Waals surface area (Å²) >= 11 is 5.80. The summed E-state index contributed by atoms with van der Waals surface area (Å²) in [6.45, 7) is 5.95. The van der Waals surface area contributed by atoms with E-state index in [1.165, 1.54) is 11.0 Å². The molecule has 12 heteroatoms. The Labute approximate surface area is 256 Å². The normalized spacial score (nSPS) is 15.3. The Bertz CT molecular complexity index is 1960. The van der Waals surface area contributed by atoms with Gasteiger partial charge < -0.3 is 9.47 Å². The molecule has 44 heavy (non-hydrogen) atoms. The van der Waals surface area contributed by atoms with Crippen molar-refractivity contribution in [3.05, 3.63) is 104 Å². The smallest absolute Gasteiger partial charge is 0.334 e. The van der Waals surface area contributed by atoms with Gasteiger partial charge in [-0.15, -0.1) is 0 Å². The number of fused-ring (bicyclic) bond motifs is 3. The molecule has 3 aromatic heterocycles. The molecule has 0 bridgehead atoms. The first-order valence-corrected chi connectivity index (χ1v) is 14.6. The zero-order valence-corrected chi connectivity index (χ0v) is 25.3. The average molecular weight is 623 g/mol. The van der Waals surface area contributed by atoms with Gasteiger partial charge in [0.05, 0.1) is 34.7 Å². The highest BCUT2D eigenvalue weighted by molar-refractivity contribution is 6.31. The van der Waals surface area contributed by atoms with Crippen LogP contribution in [0.3, 0.4) is 0 Å². The van der Waals surface area contributed by atoms with E-state index in [4.69, 9.17) is 11.6 Å². The quantitative estimate of drug-likeness (QED) is 0.229. The second-order valence-corrected chi connectivity index (χ2v) is 12.1. The summed E-state index contributed by atoms with van der Waals surface area (Å²) in [6.07, 6.45) is 1.50. The van der Waals surface area contributed by atoms with E-state index in [2.05, 4.69) is 23.9 Å². The summed E-state index contributed by atoms with van der Waals surface area (Å²) in [7, 11) is 1.91. The number of carbonyl (C=O) groups excluding carboxylic acids is 1. The third kappa shape index (κ3) is 5.08. The van der Waals surface area contributed by atoms with Gasteiger partial charge in [-0.2, -0.15) is 18.3 Å². The minimum Gasteiger partial charge on any atom is -0.334 e. The summed E-state index contributed by atoms with van der Waals surface area (Å²) in [5.74, 6) is 0.493. The fourth-order valence-electron chi connectivity index (χ4n) is 5.92. The molecule has 1 aliphatic rings. The lowest BCUT2D eigenvalue weighted by molar-refractivity contribution is -0.137. The van der Waals surface area contributed by atoms with Gasteiger partial charge in [0.1, 0.15) is 11.5 Å². The molecule has 0 saturated heterocycles. The zero-order chi connectivity index (χ0) is 31.5. The number of benzene rings is 2. The molecule has 5 aromatic rings. The number of hydrogen-bond acceptors (Lipinski definition) is 4. The molecule has 8 nitrogen and oxygen atoms in total. The van der Waals surface area contributed by atoms with Crippen LogP contribution < -0.4 is 5.56 Å². The number of aryl methyl sites for hydroxylation is 1. The Morgan fingerprint density at radius 2 is 1.86 bits per heavy atom. The summed E-state index contributed by atoms with van der Waals surface area (Å²) in [5.41, 5.74) is 2.67. The van der Waals surface area contributed by atoms with Crippen LogP contribution in [-0.4, -0.2) is 40.6 Å². The molecule has 4 heterocycles. The number of hydrogen-bond donors (Lipinski definition) is 0.